The summed E-state index contributed by atoms with van der Waals surface area (Å²) in [4.78, 5) is 24.4. The molecule has 2 rings (SSSR count). The van der Waals surface area contributed by atoms with Gasteiger partial charge in [0.15, 0.2) is 0 Å². The third-order valence-electron chi connectivity index (χ3n) is 3.77. The zero-order valence-corrected chi connectivity index (χ0v) is 15.9. The summed E-state index contributed by atoms with van der Waals surface area (Å²) in [5, 5.41) is 0. The minimum atomic E-state index is -0.404. The first-order valence-electron chi connectivity index (χ1n) is 8.65. The lowest BCUT2D eigenvalue weighted by Crippen LogP contribution is -2.41. The monoisotopic (exact) mass is 354 g/mol. The van der Waals surface area contributed by atoms with Gasteiger partial charge in [-0.3, -0.25) is 20.4 Å². The van der Waals surface area contributed by atoms with Gasteiger partial charge in [-0.05, 0) is 55.2 Å². The van der Waals surface area contributed by atoms with Gasteiger partial charge in [0.05, 0.1) is 6.10 Å². The molecular weight excluding hydrogens is 328 g/mol. The van der Waals surface area contributed by atoms with Crippen LogP contribution >= 0.6 is 0 Å². The standard InChI is InChI=1S/C21H26N2O3/c1-14(2)26-18-8-6-7-16(13-18)20(25)23-22-19(24)15-9-11-17(12-10-15)21(3,4)5/h6-14H,1-5H3,(H,22,24)(H,23,25). The molecule has 0 aliphatic rings. The summed E-state index contributed by atoms with van der Waals surface area (Å²) in [6, 6.07) is 14.2. The van der Waals surface area contributed by atoms with Gasteiger partial charge in [-0.25, -0.2) is 0 Å². The molecule has 2 N–H and O–H groups in total. The highest BCUT2D eigenvalue weighted by Gasteiger charge is 2.15. The molecule has 0 spiro atoms. The molecule has 0 radical (unpaired) electrons. The molecule has 0 heterocycles. The first-order chi connectivity index (χ1) is 12.2. The highest BCUT2D eigenvalue weighted by atomic mass is 16.5. The van der Waals surface area contributed by atoms with Crippen LogP contribution in [0, 0.1) is 0 Å². The van der Waals surface area contributed by atoms with Crippen molar-refractivity contribution in [2.24, 2.45) is 0 Å². The number of carbonyl (C=O) groups is 2. The quantitative estimate of drug-likeness (QED) is 0.820. The molecule has 5 nitrogen and oxygen atoms in total. The number of benzene rings is 2. The molecule has 2 amide bonds. The van der Waals surface area contributed by atoms with Gasteiger partial charge < -0.3 is 4.74 Å². The average Bonchev–Trinajstić information content (AvgIpc) is 2.58. The molecular formula is C21H26N2O3. The molecule has 0 fully saturated rings. The molecule has 26 heavy (non-hydrogen) atoms. The van der Waals surface area contributed by atoms with Gasteiger partial charge >= 0.3 is 0 Å². The van der Waals surface area contributed by atoms with E-state index in [-0.39, 0.29) is 17.4 Å². The molecule has 138 valence electrons. The van der Waals surface area contributed by atoms with Gasteiger partial charge in [-0.15, -0.1) is 0 Å². The van der Waals surface area contributed by atoms with E-state index < -0.39 is 5.91 Å². The molecule has 2 aromatic carbocycles. The summed E-state index contributed by atoms with van der Waals surface area (Å²) >= 11 is 0. The van der Waals surface area contributed by atoms with Gasteiger partial charge in [0, 0.05) is 11.1 Å². The number of hydrogen-bond donors (Lipinski definition) is 2. The van der Waals surface area contributed by atoms with E-state index in [1.165, 1.54) is 0 Å². The molecule has 0 aliphatic heterocycles. The van der Waals surface area contributed by atoms with Crippen LogP contribution in [0.1, 0.15) is 60.9 Å². The van der Waals surface area contributed by atoms with E-state index in [0.29, 0.717) is 16.9 Å². The number of hydrazine groups is 1. The minimum absolute atomic E-state index is 0.0177. The number of ether oxygens (including phenoxy) is 1. The van der Waals surface area contributed by atoms with Crippen molar-refractivity contribution in [1.82, 2.24) is 10.9 Å². The van der Waals surface area contributed by atoms with Crippen LogP contribution in [0.3, 0.4) is 0 Å². The van der Waals surface area contributed by atoms with Gasteiger partial charge in [-0.2, -0.15) is 0 Å². The highest BCUT2D eigenvalue weighted by Crippen LogP contribution is 2.22. The Labute approximate surface area is 154 Å². The molecule has 0 saturated heterocycles. The van der Waals surface area contributed by atoms with Crippen LogP contribution < -0.4 is 15.6 Å². The zero-order valence-electron chi connectivity index (χ0n) is 15.9. The van der Waals surface area contributed by atoms with E-state index in [1.54, 1.807) is 36.4 Å². The smallest absolute Gasteiger partial charge is 0.269 e. The van der Waals surface area contributed by atoms with Crippen LogP contribution in [0.15, 0.2) is 48.5 Å². The Morgan fingerprint density at radius 1 is 0.885 bits per heavy atom. The lowest BCUT2D eigenvalue weighted by Gasteiger charge is -2.19. The maximum absolute atomic E-state index is 12.2. The molecule has 0 unspecified atom stereocenters. The summed E-state index contributed by atoms with van der Waals surface area (Å²) in [5.41, 5.74) is 6.91. The molecule has 5 heteroatoms. The van der Waals surface area contributed by atoms with Crippen LogP contribution in [0.25, 0.3) is 0 Å². The lowest BCUT2D eigenvalue weighted by atomic mass is 9.87. The van der Waals surface area contributed by atoms with E-state index in [2.05, 4.69) is 31.6 Å². The van der Waals surface area contributed by atoms with Crippen LogP contribution in [0.2, 0.25) is 0 Å². The van der Waals surface area contributed by atoms with Crippen LogP contribution in [0.4, 0.5) is 0 Å². The number of nitrogens with one attached hydrogen (secondary N) is 2. The predicted molar refractivity (Wildman–Crippen MR) is 102 cm³/mol. The topological polar surface area (TPSA) is 67.4 Å². The lowest BCUT2D eigenvalue weighted by molar-refractivity contribution is 0.0846. The second kappa shape index (κ2) is 8.04. The number of amides is 2. The fourth-order valence-corrected chi connectivity index (χ4v) is 2.36. The van der Waals surface area contributed by atoms with Crippen molar-refractivity contribution < 1.29 is 14.3 Å². The van der Waals surface area contributed by atoms with Crippen LogP contribution in [-0.2, 0) is 5.41 Å². The second-order valence-electron chi connectivity index (χ2n) is 7.43. The highest BCUT2D eigenvalue weighted by molar-refractivity contribution is 5.99. The summed E-state index contributed by atoms with van der Waals surface area (Å²) in [6.45, 7) is 10.2. The molecule has 0 bridgehead atoms. The summed E-state index contributed by atoms with van der Waals surface area (Å²) in [5.74, 6) is -0.163. The van der Waals surface area contributed by atoms with E-state index in [4.69, 9.17) is 4.74 Å². The van der Waals surface area contributed by atoms with Gasteiger partial charge in [0.2, 0.25) is 0 Å². The van der Waals surface area contributed by atoms with Crippen LogP contribution in [0.5, 0.6) is 5.75 Å². The Morgan fingerprint density at radius 2 is 1.46 bits per heavy atom. The van der Waals surface area contributed by atoms with E-state index in [0.717, 1.165) is 5.56 Å². The van der Waals surface area contributed by atoms with Crippen molar-refractivity contribution in [2.75, 3.05) is 0 Å². The summed E-state index contributed by atoms with van der Waals surface area (Å²) < 4.78 is 5.57. The van der Waals surface area contributed by atoms with Crippen molar-refractivity contribution in [2.45, 2.75) is 46.1 Å². The Bertz CT molecular complexity index is 775. The minimum Gasteiger partial charge on any atom is -0.491 e. The average molecular weight is 354 g/mol. The number of hydrogen-bond acceptors (Lipinski definition) is 3. The largest absolute Gasteiger partial charge is 0.491 e. The van der Waals surface area contributed by atoms with Crippen LogP contribution in [-0.4, -0.2) is 17.9 Å². The third-order valence-corrected chi connectivity index (χ3v) is 3.77. The second-order valence-corrected chi connectivity index (χ2v) is 7.43. The predicted octanol–water partition coefficient (Wildman–Crippen LogP) is 3.85. The van der Waals surface area contributed by atoms with E-state index >= 15 is 0 Å². The van der Waals surface area contributed by atoms with Crippen molar-refractivity contribution in [3.63, 3.8) is 0 Å². The molecule has 0 atom stereocenters. The molecule has 0 saturated carbocycles. The Hall–Kier alpha value is -2.82. The maximum atomic E-state index is 12.2. The van der Waals surface area contributed by atoms with E-state index in [9.17, 15) is 9.59 Å². The van der Waals surface area contributed by atoms with E-state index in [1.807, 2.05) is 26.0 Å². The summed E-state index contributed by atoms with van der Waals surface area (Å²) in [7, 11) is 0. The number of carbonyl (C=O) groups excluding carboxylic acids is 2. The summed E-state index contributed by atoms with van der Waals surface area (Å²) in [6.07, 6.45) is 0.0177. The molecule has 0 aliphatic carbocycles. The van der Waals surface area contributed by atoms with Gasteiger partial charge in [-0.1, -0.05) is 39.0 Å². The first-order valence-corrected chi connectivity index (χ1v) is 8.65. The maximum Gasteiger partial charge on any atom is 0.269 e. The van der Waals surface area contributed by atoms with Crippen molar-refractivity contribution in [3.05, 3.63) is 65.2 Å². The van der Waals surface area contributed by atoms with Crippen molar-refractivity contribution in [1.29, 1.82) is 0 Å². The molecule has 2 aromatic rings. The Balaban J connectivity index is 1.97. The fraction of sp³-hybridized carbons (Fsp3) is 0.333. The zero-order chi connectivity index (χ0) is 19.3. The Morgan fingerprint density at radius 3 is 2.00 bits per heavy atom. The van der Waals surface area contributed by atoms with Gasteiger partial charge in [0.1, 0.15) is 5.75 Å². The normalized spacial score (nSPS) is 11.2. The van der Waals surface area contributed by atoms with Crippen molar-refractivity contribution >= 4 is 11.8 Å². The van der Waals surface area contributed by atoms with Gasteiger partial charge in [0.25, 0.3) is 11.8 Å². The fourth-order valence-electron chi connectivity index (χ4n) is 2.36. The SMILES string of the molecule is CC(C)Oc1cccc(C(=O)NNC(=O)c2ccc(C(C)(C)C)cc2)c1. The molecule has 0 aromatic heterocycles. The third kappa shape index (κ3) is 5.34. The Kier molecular flexibility index (Phi) is 6.03. The van der Waals surface area contributed by atoms with Crippen molar-refractivity contribution in [3.8, 4) is 5.75 Å². The number of rotatable bonds is 4. The first kappa shape index (κ1) is 19.5.